The molecule has 0 fully saturated rings. The average Bonchev–Trinajstić information content (AvgIpc) is 3.18. The molecule has 0 saturated heterocycles. The highest BCUT2D eigenvalue weighted by Crippen LogP contribution is 2.26. The number of pyridine rings is 1. The van der Waals surface area contributed by atoms with Gasteiger partial charge in [0, 0.05) is 27.9 Å². The van der Waals surface area contributed by atoms with Crippen LogP contribution in [0.15, 0.2) is 78.0 Å². The highest BCUT2D eigenvalue weighted by molar-refractivity contribution is 7.98. The number of H-pyrrole nitrogens is 1. The molecule has 4 rings (SSSR count). The Bertz CT molecular complexity index is 1000. The number of nitrogens with zero attached hydrogens (tertiary/aromatic N) is 3. The van der Waals surface area contributed by atoms with Crippen LogP contribution in [0, 0.1) is 0 Å². The zero-order valence-electron chi connectivity index (χ0n) is 14.2. The first-order valence-electron chi connectivity index (χ1n) is 8.24. The van der Waals surface area contributed by atoms with Crippen LogP contribution in [-0.4, -0.2) is 20.2 Å². The standard InChI is InChI=1S/C20H15ClN4OS/c21-15-3-7-18(8-4-15)27-13-19-23-20(25-24-19)14-1-5-16(6-2-14)26-17-9-11-22-12-10-17/h1-12H,13H2,(H,23,24,25). The summed E-state index contributed by atoms with van der Waals surface area (Å²) in [5.74, 6) is 3.69. The molecule has 0 atom stereocenters. The number of ether oxygens (including phenoxy) is 1. The maximum absolute atomic E-state index is 5.91. The van der Waals surface area contributed by atoms with Gasteiger partial charge >= 0.3 is 0 Å². The summed E-state index contributed by atoms with van der Waals surface area (Å²) in [5.41, 5.74) is 0.927. The lowest BCUT2D eigenvalue weighted by atomic mass is 10.2. The largest absolute Gasteiger partial charge is 0.457 e. The van der Waals surface area contributed by atoms with Crippen molar-refractivity contribution in [1.29, 1.82) is 0 Å². The second-order valence-corrected chi connectivity index (χ2v) is 7.14. The molecule has 2 heterocycles. The lowest BCUT2D eigenvalue weighted by Gasteiger charge is -2.05. The van der Waals surface area contributed by atoms with Crippen LogP contribution in [0.2, 0.25) is 5.02 Å². The molecule has 27 heavy (non-hydrogen) atoms. The molecule has 0 aliphatic heterocycles. The van der Waals surface area contributed by atoms with E-state index in [1.807, 2.05) is 60.7 Å². The Labute approximate surface area is 165 Å². The van der Waals surface area contributed by atoms with Crippen molar-refractivity contribution in [3.8, 4) is 22.9 Å². The van der Waals surface area contributed by atoms with Crippen molar-refractivity contribution in [2.24, 2.45) is 0 Å². The predicted molar refractivity (Wildman–Crippen MR) is 107 cm³/mol. The highest BCUT2D eigenvalue weighted by Gasteiger charge is 2.07. The van der Waals surface area contributed by atoms with Crippen molar-refractivity contribution in [2.75, 3.05) is 0 Å². The normalized spacial score (nSPS) is 10.7. The molecule has 5 nitrogen and oxygen atoms in total. The maximum atomic E-state index is 5.91. The van der Waals surface area contributed by atoms with E-state index in [9.17, 15) is 0 Å². The number of hydrogen-bond acceptors (Lipinski definition) is 5. The van der Waals surface area contributed by atoms with Crippen molar-refractivity contribution in [3.05, 3.63) is 83.9 Å². The van der Waals surface area contributed by atoms with Gasteiger partial charge in [0.05, 0.1) is 5.75 Å². The third-order valence-corrected chi connectivity index (χ3v) is 4.99. The van der Waals surface area contributed by atoms with Crippen LogP contribution in [0.3, 0.4) is 0 Å². The fourth-order valence-electron chi connectivity index (χ4n) is 2.39. The molecular formula is C20H15ClN4OS. The van der Waals surface area contributed by atoms with E-state index in [-0.39, 0.29) is 0 Å². The van der Waals surface area contributed by atoms with Gasteiger partial charge in [-0.2, -0.15) is 5.10 Å². The number of aromatic nitrogens is 4. The van der Waals surface area contributed by atoms with Gasteiger partial charge < -0.3 is 4.74 Å². The van der Waals surface area contributed by atoms with Gasteiger partial charge in [0.1, 0.15) is 17.3 Å². The molecule has 0 saturated carbocycles. The van der Waals surface area contributed by atoms with Crippen LogP contribution in [-0.2, 0) is 5.75 Å². The molecule has 0 bridgehead atoms. The minimum atomic E-state index is 0.664. The Balaban J connectivity index is 1.39. The lowest BCUT2D eigenvalue weighted by molar-refractivity contribution is 0.482. The minimum absolute atomic E-state index is 0.664. The van der Waals surface area contributed by atoms with E-state index in [1.54, 1.807) is 24.2 Å². The summed E-state index contributed by atoms with van der Waals surface area (Å²) < 4.78 is 5.77. The van der Waals surface area contributed by atoms with Crippen molar-refractivity contribution in [1.82, 2.24) is 20.2 Å². The molecule has 134 valence electrons. The van der Waals surface area contributed by atoms with Crippen molar-refractivity contribution >= 4 is 23.4 Å². The van der Waals surface area contributed by atoms with Gasteiger partial charge in [-0.05, 0) is 60.7 Å². The Morgan fingerprint density at radius 2 is 1.59 bits per heavy atom. The summed E-state index contributed by atoms with van der Waals surface area (Å²) in [6, 6.07) is 19.0. The minimum Gasteiger partial charge on any atom is -0.457 e. The van der Waals surface area contributed by atoms with Crippen LogP contribution in [0.25, 0.3) is 11.4 Å². The summed E-state index contributed by atoms with van der Waals surface area (Å²) in [4.78, 5) is 9.67. The van der Waals surface area contributed by atoms with Crippen LogP contribution >= 0.6 is 23.4 Å². The van der Waals surface area contributed by atoms with E-state index in [2.05, 4.69) is 20.2 Å². The number of aromatic amines is 1. The van der Waals surface area contributed by atoms with E-state index in [0.717, 1.165) is 32.8 Å². The smallest absolute Gasteiger partial charge is 0.181 e. The van der Waals surface area contributed by atoms with Gasteiger partial charge in [-0.15, -0.1) is 11.8 Å². The van der Waals surface area contributed by atoms with Gasteiger partial charge in [-0.25, -0.2) is 4.98 Å². The SMILES string of the molecule is Clc1ccc(SCc2nc(-c3ccc(Oc4ccncc4)cc3)n[nH]2)cc1. The third kappa shape index (κ3) is 4.67. The third-order valence-electron chi connectivity index (χ3n) is 3.72. The molecular weight excluding hydrogens is 380 g/mol. The highest BCUT2D eigenvalue weighted by atomic mass is 35.5. The van der Waals surface area contributed by atoms with Gasteiger partial charge in [-0.3, -0.25) is 10.1 Å². The average molecular weight is 395 g/mol. The topological polar surface area (TPSA) is 63.7 Å². The van der Waals surface area contributed by atoms with Crippen molar-refractivity contribution in [2.45, 2.75) is 10.6 Å². The fourth-order valence-corrected chi connectivity index (χ4v) is 3.27. The quantitative estimate of drug-likeness (QED) is 0.431. The van der Waals surface area contributed by atoms with Crippen molar-refractivity contribution < 1.29 is 4.74 Å². The summed E-state index contributed by atoms with van der Waals surface area (Å²) in [6.45, 7) is 0. The summed E-state index contributed by atoms with van der Waals surface area (Å²) in [6.07, 6.45) is 3.39. The zero-order valence-corrected chi connectivity index (χ0v) is 15.7. The predicted octanol–water partition coefficient (Wildman–Crippen LogP) is 5.60. The molecule has 0 amide bonds. The number of hydrogen-bond donors (Lipinski definition) is 1. The van der Waals surface area contributed by atoms with Crippen molar-refractivity contribution in [3.63, 3.8) is 0 Å². The van der Waals surface area contributed by atoms with E-state index >= 15 is 0 Å². The van der Waals surface area contributed by atoms with Gasteiger partial charge in [0.25, 0.3) is 0 Å². The number of halogens is 1. The van der Waals surface area contributed by atoms with Crippen LogP contribution < -0.4 is 4.74 Å². The second kappa shape index (κ2) is 8.24. The second-order valence-electron chi connectivity index (χ2n) is 5.66. The molecule has 4 aromatic rings. The summed E-state index contributed by atoms with van der Waals surface area (Å²) in [7, 11) is 0. The molecule has 7 heteroatoms. The number of nitrogens with one attached hydrogen (secondary N) is 1. The summed E-state index contributed by atoms with van der Waals surface area (Å²) >= 11 is 7.58. The van der Waals surface area contributed by atoms with Gasteiger partial charge in [0.15, 0.2) is 5.82 Å². The van der Waals surface area contributed by atoms with E-state index in [4.69, 9.17) is 16.3 Å². The Morgan fingerprint density at radius 3 is 2.33 bits per heavy atom. The Kier molecular flexibility index (Phi) is 5.37. The Morgan fingerprint density at radius 1 is 0.889 bits per heavy atom. The number of benzene rings is 2. The molecule has 0 spiro atoms. The van der Waals surface area contributed by atoms with Gasteiger partial charge in [-0.1, -0.05) is 11.6 Å². The maximum Gasteiger partial charge on any atom is 0.181 e. The molecule has 1 N–H and O–H groups in total. The molecule has 2 aromatic carbocycles. The molecule has 0 aliphatic carbocycles. The van der Waals surface area contributed by atoms with Crippen LogP contribution in [0.4, 0.5) is 0 Å². The molecule has 0 aliphatic rings. The molecule has 2 aromatic heterocycles. The monoisotopic (exact) mass is 394 g/mol. The Hall–Kier alpha value is -2.83. The molecule has 0 radical (unpaired) electrons. The van der Waals surface area contributed by atoms with Crippen LogP contribution in [0.5, 0.6) is 11.5 Å². The van der Waals surface area contributed by atoms with E-state index in [1.165, 1.54) is 0 Å². The number of thioether (sulfide) groups is 1. The summed E-state index contributed by atoms with van der Waals surface area (Å²) in [5, 5.41) is 8.03. The number of rotatable bonds is 6. The zero-order chi connectivity index (χ0) is 18.5. The van der Waals surface area contributed by atoms with E-state index < -0.39 is 0 Å². The lowest BCUT2D eigenvalue weighted by Crippen LogP contribution is -1.86. The van der Waals surface area contributed by atoms with Crippen LogP contribution in [0.1, 0.15) is 5.82 Å². The molecule has 0 unspecified atom stereocenters. The fraction of sp³-hybridized carbons (Fsp3) is 0.0500. The van der Waals surface area contributed by atoms with E-state index in [0.29, 0.717) is 11.6 Å². The van der Waals surface area contributed by atoms with Gasteiger partial charge in [0.2, 0.25) is 0 Å². The first kappa shape index (κ1) is 17.6. The first-order valence-corrected chi connectivity index (χ1v) is 9.60. The first-order chi connectivity index (χ1) is 13.3.